The van der Waals surface area contributed by atoms with Crippen molar-refractivity contribution >= 4 is 11.8 Å². The predicted molar refractivity (Wildman–Crippen MR) is 119 cm³/mol. The molecule has 4 rings (SSSR count). The van der Waals surface area contributed by atoms with Gasteiger partial charge >= 0.3 is 5.97 Å². The van der Waals surface area contributed by atoms with E-state index in [1.165, 1.54) is 0 Å². The Hall–Kier alpha value is -3.40. The van der Waals surface area contributed by atoms with Crippen molar-refractivity contribution in [1.82, 2.24) is 4.90 Å². The van der Waals surface area contributed by atoms with Gasteiger partial charge in [-0.05, 0) is 25.0 Å². The number of hydrogen-bond acceptors (Lipinski definition) is 4. The van der Waals surface area contributed by atoms with Gasteiger partial charge in [0.05, 0.1) is 12.6 Å². The van der Waals surface area contributed by atoms with Crippen molar-refractivity contribution in [2.45, 2.75) is 32.0 Å². The summed E-state index contributed by atoms with van der Waals surface area (Å²) in [7, 11) is 0. The lowest BCUT2D eigenvalue weighted by atomic mass is 9.87. The molecule has 0 spiro atoms. The molecule has 1 aliphatic rings. The van der Waals surface area contributed by atoms with Crippen molar-refractivity contribution in [2.75, 3.05) is 6.61 Å². The van der Waals surface area contributed by atoms with Crippen LogP contribution < -0.4 is 0 Å². The number of benzene rings is 3. The van der Waals surface area contributed by atoms with Crippen LogP contribution in [0.4, 0.5) is 0 Å². The highest BCUT2D eigenvalue weighted by molar-refractivity contribution is 6.04. The van der Waals surface area contributed by atoms with E-state index in [9.17, 15) is 4.79 Å². The number of amidine groups is 1. The second-order valence-electron chi connectivity index (χ2n) is 7.60. The quantitative estimate of drug-likeness (QED) is 0.548. The number of rotatable bonds is 6. The van der Waals surface area contributed by atoms with E-state index in [2.05, 4.69) is 29.2 Å². The average Bonchev–Trinajstić information content (AvgIpc) is 3.09. The number of esters is 1. The van der Waals surface area contributed by atoms with Crippen LogP contribution in [0.25, 0.3) is 0 Å². The smallest absolute Gasteiger partial charge is 0.336 e. The lowest BCUT2D eigenvalue weighted by Crippen LogP contribution is -2.44. The first-order valence-corrected chi connectivity index (χ1v) is 10.3. The molecule has 1 heterocycles. The van der Waals surface area contributed by atoms with Crippen LogP contribution in [0.3, 0.4) is 0 Å². The Balaban J connectivity index is 1.87. The number of aliphatic imine (C=N–C) groups is 1. The van der Waals surface area contributed by atoms with Crippen molar-refractivity contribution in [2.24, 2.45) is 4.99 Å². The fourth-order valence-corrected chi connectivity index (χ4v) is 4.11. The van der Waals surface area contributed by atoms with Crippen LogP contribution in [-0.2, 0) is 16.1 Å². The normalized spacial score (nSPS) is 20.7. The summed E-state index contributed by atoms with van der Waals surface area (Å²) in [5.41, 5.74) is 2.15. The molecule has 0 aromatic heterocycles. The summed E-state index contributed by atoms with van der Waals surface area (Å²) in [5.74, 6) is 0.506. The molecule has 0 unspecified atom stereocenters. The number of ether oxygens (including phenoxy) is 1. The number of carbonyl (C=O) groups is 1. The standard InChI is InChI=1S/C26H26N2O2/c1-3-30-25(29)26(2)23(21-15-9-5-10-16-21)28(19-20-13-7-4-8-14-20)24(27-26)22-17-11-6-12-18-22/h4-18,23H,3,19H2,1-2H3/t23-,26-/m0/s1. The van der Waals surface area contributed by atoms with Gasteiger partial charge in [-0.25, -0.2) is 9.79 Å². The highest BCUT2D eigenvalue weighted by Gasteiger charge is 2.52. The average molecular weight is 399 g/mol. The third-order valence-electron chi connectivity index (χ3n) is 5.49. The maximum Gasteiger partial charge on any atom is 0.336 e. The Bertz CT molecular complexity index is 1020. The maximum atomic E-state index is 13.2. The van der Waals surface area contributed by atoms with Crippen LogP contribution >= 0.6 is 0 Å². The molecule has 0 fully saturated rings. The Morgan fingerprint density at radius 2 is 1.50 bits per heavy atom. The van der Waals surface area contributed by atoms with E-state index in [0.29, 0.717) is 13.2 Å². The zero-order valence-corrected chi connectivity index (χ0v) is 17.4. The first-order chi connectivity index (χ1) is 14.6. The van der Waals surface area contributed by atoms with Crippen LogP contribution in [0, 0.1) is 0 Å². The highest BCUT2D eigenvalue weighted by atomic mass is 16.5. The largest absolute Gasteiger partial charge is 0.464 e. The number of carbonyl (C=O) groups excluding carboxylic acids is 1. The zero-order valence-electron chi connectivity index (χ0n) is 17.4. The Labute approximate surface area is 177 Å². The third-order valence-corrected chi connectivity index (χ3v) is 5.49. The summed E-state index contributed by atoms with van der Waals surface area (Å²) in [6, 6.07) is 30.2. The van der Waals surface area contributed by atoms with Gasteiger partial charge in [-0.1, -0.05) is 91.0 Å². The Kier molecular flexibility index (Phi) is 5.66. The minimum absolute atomic E-state index is 0.270. The minimum Gasteiger partial charge on any atom is -0.464 e. The summed E-state index contributed by atoms with van der Waals surface area (Å²) in [4.78, 5) is 20.4. The van der Waals surface area contributed by atoms with E-state index in [4.69, 9.17) is 9.73 Å². The first kappa shape index (κ1) is 19.9. The molecule has 1 aliphatic heterocycles. The minimum atomic E-state index is -1.04. The molecule has 0 saturated heterocycles. The molecule has 4 heteroatoms. The van der Waals surface area contributed by atoms with Crippen molar-refractivity contribution in [3.63, 3.8) is 0 Å². The van der Waals surface area contributed by atoms with Crippen LogP contribution in [0.15, 0.2) is 96.0 Å². The van der Waals surface area contributed by atoms with Crippen molar-refractivity contribution in [3.8, 4) is 0 Å². The molecule has 152 valence electrons. The van der Waals surface area contributed by atoms with Gasteiger partial charge < -0.3 is 9.64 Å². The lowest BCUT2D eigenvalue weighted by molar-refractivity contribution is -0.150. The van der Waals surface area contributed by atoms with E-state index in [1.807, 2.05) is 80.6 Å². The van der Waals surface area contributed by atoms with Gasteiger partial charge in [0.15, 0.2) is 5.54 Å². The molecule has 0 saturated carbocycles. The second-order valence-corrected chi connectivity index (χ2v) is 7.60. The van der Waals surface area contributed by atoms with E-state index in [-0.39, 0.29) is 12.0 Å². The van der Waals surface area contributed by atoms with Gasteiger partial charge in [0, 0.05) is 12.1 Å². The predicted octanol–water partition coefficient (Wildman–Crippen LogP) is 5.01. The van der Waals surface area contributed by atoms with Crippen LogP contribution in [0.5, 0.6) is 0 Å². The van der Waals surface area contributed by atoms with Gasteiger partial charge in [-0.3, -0.25) is 0 Å². The van der Waals surface area contributed by atoms with Gasteiger partial charge in [-0.2, -0.15) is 0 Å². The lowest BCUT2D eigenvalue weighted by Gasteiger charge is -2.34. The number of nitrogens with zero attached hydrogens (tertiary/aromatic N) is 2. The van der Waals surface area contributed by atoms with Crippen LogP contribution in [-0.4, -0.2) is 28.9 Å². The van der Waals surface area contributed by atoms with Crippen LogP contribution in [0.1, 0.15) is 36.6 Å². The molecular formula is C26H26N2O2. The van der Waals surface area contributed by atoms with Crippen LogP contribution in [0.2, 0.25) is 0 Å². The van der Waals surface area contributed by atoms with E-state index >= 15 is 0 Å². The molecule has 3 aromatic rings. The third kappa shape index (κ3) is 3.73. The van der Waals surface area contributed by atoms with Gasteiger partial charge in [0.25, 0.3) is 0 Å². The van der Waals surface area contributed by atoms with E-state index in [0.717, 1.165) is 22.5 Å². The molecule has 0 N–H and O–H groups in total. The second kappa shape index (κ2) is 8.54. The molecule has 4 nitrogen and oxygen atoms in total. The van der Waals surface area contributed by atoms with Crippen molar-refractivity contribution in [1.29, 1.82) is 0 Å². The fourth-order valence-electron chi connectivity index (χ4n) is 4.11. The highest BCUT2D eigenvalue weighted by Crippen LogP contribution is 2.43. The van der Waals surface area contributed by atoms with E-state index in [1.54, 1.807) is 0 Å². The fraction of sp³-hybridized carbons (Fsp3) is 0.231. The molecule has 0 amide bonds. The van der Waals surface area contributed by atoms with Crippen molar-refractivity contribution in [3.05, 3.63) is 108 Å². The van der Waals surface area contributed by atoms with E-state index < -0.39 is 5.54 Å². The van der Waals surface area contributed by atoms with Gasteiger partial charge in [0.2, 0.25) is 0 Å². The van der Waals surface area contributed by atoms with Gasteiger partial charge in [0.1, 0.15) is 5.84 Å². The molecule has 3 aromatic carbocycles. The van der Waals surface area contributed by atoms with Gasteiger partial charge in [-0.15, -0.1) is 0 Å². The Morgan fingerprint density at radius 3 is 2.10 bits per heavy atom. The summed E-state index contributed by atoms with van der Waals surface area (Å²) in [6.07, 6.45) is 0. The Morgan fingerprint density at radius 1 is 0.933 bits per heavy atom. The summed E-state index contributed by atoms with van der Waals surface area (Å²) in [6.45, 7) is 4.68. The maximum absolute atomic E-state index is 13.2. The summed E-state index contributed by atoms with van der Waals surface area (Å²) in [5, 5.41) is 0. The molecule has 0 bridgehead atoms. The molecule has 0 aliphatic carbocycles. The topological polar surface area (TPSA) is 41.9 Å². The monoisotopic (exact) mass is 398 g/mol. The summed E-state index contributed by atoms with van der Waals surface area (Å²) >= 11 is 0. The molecule has 0 radical (unpaired) electrons. The molecule has 30 heavy (non-hydrogen) atoms. The zero-order chi connectivity index (χ0) is 21.0. The molecular weight excluding hydrogens is 372 g/mol. The first-order valence-electron chi connectivity index (χ1n) is 10.3. The van der Waals surface area contributed by atoms with Crippen molar-refractivity contribution < 1.29 is 9.53 Å². The number of hydrogen-bond donors (Lipinski definition) is 0. The molecule has 2 atom stereocenters. The SMILES string of the molecule is CCOC(=O)[C@@]1(C)N=C(c2ccccc2)N(Cc2ccccc2)[C@H]1c1ccccc1. The summed E-state index contributed by atoms with van der Waals surface area (Å²) < 4.78 is 5.49.